The van der Waals surface area contributed by atoms with Crippen molar-refractivity contribution in [2.75, 3.05) is 0 Å². The second-order valence-electron chi connectivity index (χ2n) is 10.1. The Morgan fingerprint density at radius 3 is 2.39 bits per heavy atom. The molecule has 0 saturated carbocycles. The number of H-pyrrole nitrogens is 1. The molecule has 1 aliphatic heterocycles. The van der Waals surface area contributed by atoms with Crippen molar-refractivity contribution in [2.45, 2.75) is 57.7 Å². The molecule has 0 bridgehead atoms. The predicted molar refractivity (Wildman–Crippen MR) is 126 cm³/mol. The van der Waals surface area contributed by atoms with Crippen LogP contribution >= 0.6 is 0 Å². The number of aromatic hydroxyl groups is 1. The van der Waals surface area contributed by atoms with E-state index in [2.05, 4.69) is 58.5 Å². The number of nitrogens with zero attached hydrogens (tertiary/aromatic N) is 5. The summed E-state index contributed by atoms with van der Waals surface area (Å²) in [6.07, 6.45) is 3.39. The zero-order chi connectivity index (χ0) is 23.4. The molecule has 0 atom stereocenters. The molecule has 9 nitrogen and oxygen atoms in total. The van der Waals surface area contributed by atoms with Gasteiger partial charge in [0.05, 0.1) is 11.7 Å². The third kappa shape index (κ3) is 4.11. The van der Waals surface area contributed by atoms with Crippen LogP contribution in [0.1, 0.15) is 46.6 Å². The van der Waals surface area contributed by atoms with Gasteiger partial charge in [-0.05, 0) is 75.9 Å². The predicted octanol–water partition coefficient (Wildman–Crippen LogP) is 3.43. The molecular formula is C24H27N7O2. The minimum atomic E-state index is -0.198. The number of aromatic amines is 1. The van der Waals surface area contributed by atoms with E-state index in [4.69, 9.17) is 0 Å². The number of rotatable bonds is 3. The maximum Gasteiger partial charge on any atom is 0.248 e. The monoisotopic (exact) mass is 445 g/mol. The lowest BCUT2D eigenvalue weighted by molar-refractivity contribution is 0.127. The summed E-state index contributed by atoms with van der Waals surface area (Å²) in [7, 11) is 0. The number of hydrogen-bond donors (Lipinski definition) is 3. The zero-order valence-electron chi connectivity index (χ0n) is 19.1. The second-order valence-corrected chi connectivity index (χ2v) is 10.1. The number of phenols is 1. The molecule has 0 spiro atoms. The SMILES string of the molecule is CC1(C)CC(n2nnc3cc(-c4ccc(-c5cc[nH]c(=O)c5)cc4O)nnc32)CC(C)(C)N1. The Morgan fingerprint density at radius 2 is 1.70 bits per heavy atom. The first-order valence-electron chi connectivity index (χ1n) is 11.0. The lowest BCUT2D eigenvalue weighted by Gasteiger charge is -2.46. The molecule has 3 N–H and O–H groups in total. The standard InChI is InChI=1S/C24H27N7O2/c1-23(2)12-16(13-24(3,4)29-23)31-22-19(27-30-31)11-18(26-28-22)17-6-5-14(9-20(17)32)15-7-8-25-21(33)10-15/h5-11,16,29,32H,12-13H2,1-4H3,(H,25,33). The van der Waals surface area contributed by atoms with Gasteiger partial charge in [0, 0.05) is 28.9 Å². The maximum atomic E-state index is 11.6. The summed E-state index contributed by atoms with van der Waals surface area (Å²) >= 11 is 0. The van der Waals surface area contributed by atoms with E-state index in [1.165, 1.54) is 6.07 Å². The highest BCUT2D eigenvalue weighted by Gasteiger charge is 2.39. The lowest BCUT2D eigenvalue weighted by atomic mass is 9.80. The molecule has 9 heteroatoms. The lowest BCUT2D eigenvalue weighted by Crippen LogP contribution is -2.58. The van der Waals surface area contributed by atoms with Crippen LogP contribution in [0.4, 0.5) is 0 Å². The van der Waals surface area contributed by atoms with Gasteiger partial charge in [0.1, 0.15) is 11.3 Å². The molecule has 170 valence electrons. The summed E-state index contributed by atoms with van der Waals surface area (Å²) in [4.78, 5) is 14.2. The van der Waals surface area contributed by atoms with Crippen molar-refractivity contribution in [3.05, 3.63) is 52.9 Å². The molecule has 1 aliphatic rings. The van der Waals surface area contributed by atoms with Gasteiger partial charge >= 0.3 is 0 Å². The largest absolute Gasteiger partial charge is 0.507 e. The molecular weight excluding hydrogens is 418 g/mol. The average molecular weight is 446 g/mol. The Bertz CT molecular complexity index is 1390. The summed E-state index contributed by atoms with van der Waals surface area (Å²) in [5, 5.41) is 31.9. The molecule has 4 heterocycles. The van der Waals surface area contributed by atoms with Gasteiger partial charge in [-0.25, -0.2) is 4.68 Å². The number of fused-ring (bicyclic) bond motifs is 1. The minimum absolute atomic E-state index is 0.0325. The van der Waals surface area contributed by atoms with Gasteiger partial charge in [-0.3, -0.25) is 4.79 Å². The molecule has 0 amide bonds. The van der Waals surface area contributed by atoms with E-state index in [0.717, 1.165) is 24.0 Å². The van der Waals surface area contributed by atoms with E-state index in [1.807, 2.05) is 10.7 Å². The summed E-state index contributed by atoms with van der Waals surface area (Å²) in [5.74, 6) is 0.0516. The molecule has 33 heavy (non-hydrogen) atoms. The maximum absolute atomic E-state index is 11.6. The first kappa shape index (κ1) is 21.3. The molecule has 1 saturated heterocycles. The van der Waals surface area contributed by atoms with Gasteiger partial charge in [-0.1, -0.05) is 11.3 Å². The summed E-state index contributed by atoms with van der Waals surface area (Å²) in [6, 6.07) is 10.4. The van der Waals surface area contributed by atoms with Gasteiger partial charge in [0.15, 0.2) is 0 Å². The Balaban J connectivity index is 1.48. The molecule has 5 rings (SSSR count). The van der Waals surface area contributed by atoms with Gasteiger partial charge in [0.25, 0.3) is 0 Å². The van der Waals surface area contributed by atoms with Crippen LogP contribution in [-0.4, -0.2) is 46.4 Å². The number of hydrogen-bond acceptors (Lipinski definition) is 7. The highest BCUT2D eigenvalue weighted by molar-refractivity contribution is 5.79. The van der Waals surface area contributed by atoms with E-state index < -0.39 is 0 Å². The van der Waals surface area contributed by atoms with Gasteiger partial charge in [-0.2, -0.15) is 0 Å². The third-order valence-corrected chi connectivity index (χ3v) is 6.12. The number of benzene rings is 1. The van der Waals surface area contributed by atoms with E-state index in [0.29, 0.717) is 22.4 Å². The van der Waals surface area contributed by atoms with Gasteiger partial charge in [-0.15, -0.1) is 15.3 Å². The number of pyridine rings is 1. The van der Waals surface area contributed by atoms with Gasteiger partial charge in [0.2, 0.25) is 11.2 Å². The van der Waals surface area contributed by atoms with Crippen LogP contribution in [0, 0.1) is 0 Å². The summed E-state index contributed by atoms with van der Waals surface area (Å²) < 4.78 is 1.88. The first-order valence-corrected chi connectivity index (χ1v) is 11.0. The summed E-state index contributed by atoms with van der Waals surface area (Å²) in [6.45, 7) is 8.79. The van der Waals surface area contributed by atoms with Crippen LogP contribution in [0.5, 0.6) is 5.75 Å². The molecule has 0 radical (unpaired) electrons. The second kappa shape index (κ2) is 7.48. The van der Waals surface area contributed by atoms with Crippen LogP contribution in [0.2, 0.25) is 0 Å². The highest BCUT2D eigenvalue weighted by atomic mass is 16.3. The molecule has 0 unspecified atom stereocenters. The van der Waals surface area contributed by atoms with Crippen LogP contribution in [0.15, 0.2) is 47.4 Å². The Hall–Kier alpha value is -3.59. The van der Waals surface area contributed by atoms with E-state index in [9.17, 15) is 9.90 Å². The normalized spacial score (nSPS) is 17.9. The van der Waals surface area contributed by atoms with Crippen LogP contribution in [0.3, 0.4) is 0 Å². The smallest absolute Gasteiger partial charge is 0.248 e. The Kier molecular flexibility index (Phi) is 4.82. The van der Waals surface area contributed by atoms with Crippen molar-refractivity contribution in [1.82, 2.24) is 35.5 Å². The first-order chi connectivity index (χ1) is 15.6. The Labute approximate surface area is 190 Å². The van der Waals surface area contributed by atoms with E-state index >= 15 is 0 Å². The molecule has 4 aromatic rings. The van der Waals surface area contributed by atoms with Crippen molar-refractivity contribution in [1.29, 1.82) is 0 Å². The van der Waals surface area contributed by atoms with E-state index in [1.54, 1.807) is 30.5 Å². The number of aromatic nitrogens is 6. The zero-order valence-corrected chi connectivity index (χ0v) is 19.1. The van der Waals surface area contributed by atoms with Crippen molar-refractivity contribution in [3.8, 4) is 28.1 Å². The number of piperidine rings is 1. The van der Waals surface area contributed by atoms with Gasteiger partial charge < -0.3 is 15.4 Å². The van der Waals surface area contributed by atoms with Crippen molar-refractivity contribution in [2.24, 2.45) is 0 Å². The average Bonchev–Trinajstić information content (AvgIpc) is 3.15. The quantitative estimate of drug-likeness (QED) is 0.442. The topological polar surface area (TPSA) is 122 Å². The van der Waals surface area contributed by atoms with E-state index in [-0.39, 0.29) is 28.4 Å². The fraction of sp³-hybridized carbons (Fsp3) is 0.375. The van der Waals surface area contributed by atoms with Crippen LogP contribution in [-0.2, 0) is 0 Å². The fourth-order valence-corrected chi connectivity index (χ4v) is 5.12. The van der Waals surface area contributed by atoms with Crippen molar-refractivity contribution >= 4 is 11.2 Å². The minimum Gasteiger partial charge on any atom is -0.507 e. The Morgan fingerprint density at radius 1 is 0.970 bits per heavy atom. The van der Waals surface area contributed by atoms with Crippen LogP contribution < -0.4 is 10.9 Å². The summed E-state index contributed by atoms with van der Waals surface area (Å²) in [5.41, 5.74) is 3.51. The molecule has 1 aromatic carbocycles. The third-order valence-electron chi connectivity index (χ3n) is 6.12. The fourth-order valence-electron chi connectivity index (χ4n) is 5.12. The number of nitrogens with one attached hydrogen (secondary N) is 2. The van der Waals surface area contributed by atoms with Crippen LogP contribution in [0.25, 0.3) is 33.5 Å². The van der Waals surface area contributed by atoms with Crippen molar-refractivity contribution < 1.29 is 5.11 Å². The molecule has 1 fully saturated rings. The van der Waals surface area contributed by atoms with Crippen molar-refractivity contribution in [3.63, 3.8) is 0 Å². The highest BCUT2D eigenvalue weighted by Crippen LogP contribution is 2.37. The molecule has 0 aliphatic carbocycles. The number of phenolic OH excluding ortho intramolecular Hbond substituents is 1. The molecule has 3 aromatic heterocycles.